The summed E-state index contributed by atoms with van der Waals surface area (Å²) in [6.45, 7) is 7.53. The topological polar surface area (TPSA) is 15.3 Å². The Labute approximate surface area is 44.5 Å². The molecular weight excluding hydrogens is 88.1 g/mol. The van der Waals surface area contributed by atoms with Crippen molar-refractivity contribution >= 4 is 0 Å². The summed E-state index contributed by atoms with van der Waals surface area (Å²) in [5.41, 5.74) is 0. The van der Waals surface area contributed by atoms with Crippen molar-refractivity contribution in [2.24, 2.45) is 0 Å². The monoisotopic (exact) mass is 99.1 g/mol. The van der Waals surface area contributed by atoms with E-state index in [9.17, 15) is 0 Å². The van der Waals surface area contributed by atoms with Crippen LogP contribution in [0.4, 0.5) is 0 Å². The van der Waals surface area contributed by atoms with Gasteiger partial charge in [-0.25, -0.2) is 0 Å². The quantitative estimate of drug-likeness (QED) is 0.499. The van der Waals surface area contributed by atoms with Crippen molar-refractivity contribution in [3.63, 3.8) is 0 Å². The van der Waals surface area contributed by atoms with Gasteiger partial charge in [-0.15, -0.1) is 0 Å². The predicted molar refractivity (Wildman–Crippen MR) is 29.5 cm³/mol. The summed E-state index contributed by atoms with van der Waals surface area (Å²) in [6.07, 6.45) is 0. The molecule has 0 aromatic rings. The lowest BCUT2D eigenvalue weighted by molar-refractivity contribution is 0.413. The Morgan fingerprint density at radius 3 is 2.86 bits per heavy atom. The molecule has 0 saturated carbocycles. The smallest absolute Gasteiger partial charge is 0.0484 e. The number of hydrogen-bond donors (Lipinski definition) is 1. The number of nitrogens with zero attached hydrogens (tertiary/aromatic N) is 1. The second-order valence-electron chi connectivity index (χ2n) is 1.73. The molecule has 0 amide bonds. The molecule has 1 saturated heterocycles. The van der Waals surface area contributed by atoms with Gasteiger partial charge in [-0.3, -0.25) is 4.90 Å². The summed E-state index contributed by atoms with van der Waals surface area (Å²) in [4.78, 5) is 2.25. The van der Waals surface area contributed by atoms with Crippen LogP contribution in [0.25, 0.3) is 0 Å². The van der Waals surface area contributed by atoms with Gasteiger partial charge in [-0.05, 0) is 6.92 Å². The molecule has 7 heavy (non-hydrogen) atoms. The highest BCUT2D eigenvalue weighted by Crippen LogP contribution is 1.92. The molecule has 1 radical (unpaired) electrons. The molecule has 0 aliphatic carbocycles. The van der Waals surface area contributed by atoms with Crippen LogP contribution in [0.2, 0.25) is 0 Å². The van der Waals surface area contributed by atoms with Crippen LogP contribution in [0.15, 0.2) is 0 Å². The summed E-state index contributed by atoms with van der Waals surface area (Å²) in [6, 6.07) is 0. The van der Waals surface area contributed by atoms with Crippen LogP contribution < -0.4 is 5.32 Å². The predicted octanol–water partition coefficient (Wildman–Crippen LogP) is 0.0308. The van der Waals surface area contributed by atoms with Crippen LogP contribution in [0.5, 0.6) is 0 Å². The molecule has 2 nitrogen and oxygen atoms in total. The third-order valence-corrected chi connectivity index (χ3v) is 1.26. The molecule has 0 bridgehead atoms. The molecule has 1 N–H and O–H groups in total. The van der Waals surface area contributed by atoms with Gasteiger partial charge in [-0.1, -0.05) is 0 Å². The maximum absolute atomic E-state index is 3.22. The van der Waals surface area contributed by atoms with Gasteiger partial charge in [0.05, 0.1) is 0 Å². The van der Waals surface area contributed by atoms with Crippen molar-refractivity contribution in [1.82, 2.24) is 10.2 Å². The molecule has 0 spiro atoms. The maximum atomic E-state index is 3.22. The van der Waals surface area contributed by atoms with Gasteiger partial charge < -0.3 is 5.32 Å². The number of rotatable bonds is 1. The summed E-state index contributed by atoms with van der Waals surface area (Å²) in [5.74, 6) is 0. The normalized spacial score (nSPS) is 23.6. The maximum Gasteiger partial charge on any atom is 0.0484 e. The Kier molecular flexibility index (Phi) is 1.65. The lowest BCUT2D eigenvalue weighted by Gasteiger charge is -2.06. The van der Waals surface area contributed by atoms with Crippen molar-refractivity contribution in [3.8, 4) is 0 Å². The van der Waals surface area contributed by atoms with Crippen LogP contribution in [0.1, 0.15) is 6.92 Å². The zero-order valence-electron chi connectivity index (χ0n) is 4.65. The van der Waals surface area contributed by atoms with E-state index in [1.807, 2.05) is 0 Å². The fourth-order valence-corrected chi connectivity index (χ4v) is 0.745. The Hall–Kier alpha value is -0.0800. The summed E-state index contributed by atoms with van der Waals surface area (Å²) in [7, 11) is 0. The second-order valence-corrected chi connectivity index (χ2v) is 1.73. The molecule has 2 heteroatoms. The van der Waals surface area contributed by atoms with Crippen LogP contribution in [0.3, 0.4) is 0 Å². The molecule has 1 aliphatic heterocycles. The Balaban J connectivity index is 2.14. The Bertz CT molecular complexity index is 48.0. The van der Waals surface area contributed by atoms with E-state index in [0.29, 0.717) is 0 Å². The van der Waals surface area contributed by atoms with Gasteiger partial charge in [-0.2, -0.15) is 0 Å². The van der Waals surface area contributed by atoms with E-state index < -0.39 is 0 Å². The molecule has 1 heterocycles. The van der Waals surface area contributed by atoms with Crippen molar-refractivity contribution < 1.29 is 0 Å². The van der Waals surface area contributed by atoms with Gasteiger partial charge >= 0.3 is 0 Å². The largest absolute Gasteiger partial charge is 0.303 e. The fraction of sp³-hybridized carbons (Fsp3) is 0.800. The molecule has 0 atom stereocenters. The van der Waals surface area contributed by atoms with Crippen molar-refractivity contribution in [1.29, 1.82) is 0 Å². The molecule has 0 unspecified atom stereocenters. The first-order valence-corrected chi connectivity index (χ1v) is 2.68. The second kappa shape index (κ2) is 2.28. The van der Waals surface area contributed by atoms with Crippen LogP contribution >= 0.6 is 0 Å². The molecule has 1 aliphatic rings. The van der Waals surface area contributed by atoms with Crippen molar-refractivity contribution in [2.75, 3.05) is 19.8 Å². The lowest BCUT2D eigenvalue weighted by atomic mass is 10.6. The first-order valence-electron chi connectivity index (χ1n) is 2.68. The Morgan fingerprint density at radius 1 is 1.71 bits per heavy atom. The van der Waals surface area contributed by atoms with Crippen LogP contribution in [-0.4, -0.2) is 24.7 Å². The van der Waals surface area contributed by atoms with E-state index in [4.69, 9.17) is 0 Å². The Morgan fingerprint density at radius 2 is 2.57 bits per heavy atom. The van der Waals surface area contributed by atoms with Gasteiger partial charge in [0.1, 0.15) is 0 Å². The minimum Gasteiger partial charge on any atom is -0.303 e. The van der Waals surface area contributed by atoms with Gasteiger partial charge in [0.25, 0.3) is 0 Å². The zero-order chi connectivity index (χ0) is 5.11. The van der Waals surface area contributed by atoms with E-state index in [1.165, 1.54) is 6.54 Å². The number of nitrogens with one attached hydrogen (secondary N) is 1. The van der Waals surface area contributed by atoms with E-state index in [2.05, 4.69) is 23.7 Å². The molecule has 0 aromatic heterocycles. The van der Waals surface area contributed by atoms with E-state index in [0.717, 1.165) is 13.2 Å². The summed E-state index contributed by atoms with van der Waals surface area (Å²) >= 11 is 0. The molecule has 1 fully saturated rings. The fourth-order valence-electron chi connectivity index (χ4n) is 0.745. The van der Waals surface area contributed by atoms with Gasteiger partial charge in [0.2, 0.25) is 0 Å². The average molecular weight is 99.2 g/mol. The highest BCUT2D eigenvalue weighted by atomic mass is 15.3. The average Bonchev–Trinajstić information content (AvgIpc) is 2.14. The van der Waals surface area contributed by atoms with E-state index in [-0.39, 0.29) is 0 Å². The van der Waals surface area contributed by atoms with E-state index in [1.54, 1.807) is 0 Å². The number of hydrogen-bond acceptors (Lipinski definition) is 2. The van der Waals surface area contributed by atoms with Gasteiger partial charge in [0.15, 0.2) is 0 Å². The zero-order valence-corrected chi connectivity index (χ0v) is 4.65. The first kappa shape index (κ1) is 5.06. The highest BCUT2D eigenvalue weighted by Gasteiger charge is 2.06. The third kappa shape index (κ3) is 1.14. The van der Waals surface area contributed by atoms with E-state index >= 15 is 0 Å². The minimum absolute atomic E-state index is 1.04. The lowest BCUT2D eigenvalue weighted by Crippen LogP contribution is -2.16. The minimum atomic E-state index is 1.04. The van der Waals surface area contributed by atoms with Gasteiger partial charge in [0, 0.05) is 26.3 Å². The summed E-state index contributed by atoms with van der Waals surface area (Å²) in [5, 5.41) is 3.22. The molecule has 1 rings (SSSR count). The van der Waals surface area contributed by atoms with Crippen LogP contribution in [-0.2, 0) is 0 Å². The molecular formula is C5H11N2. The molecule has 0 aromatic carbocycles. The highest BCUT2D eigenvalue weighted by molar-refractivity contribution is 4.69. The standard InChI is InChI=1S/C5H11N2/c1-2-7-4-3-6-5-7/h2,6H,3-5H2,1H3. The summed E-state index contributed by atoms with van der Waals surface area (Å²) < 4.78 is 0. The third-order valence-electron chi connectivity index (χ3n) is 1.26. The van der Waals surface area contributed by atoms with Crippen molar-refractivity contribution in [3.05, 3.63) is 6.54 Å². The SMILES string of the molecule is C[CH]N1CCNC1. The van der Waals surface area contributed by atoms with Crippen LogP contribution in [0, 0.1) is 6.54 Å². The first-order chi connectivity index (χ1) is 3.43. The van der Waals surface area contributed by atoms with Crippen molar-refractivity contribution in [2.45, 2.75) is 6.92 Å². The molecule has 41 valence electrons.